The van der Waals surface area contributed by atoms with Crippen molar-refractivity contribution in [2.24, 2.45) is 0 Å². The van der Waals surface area contributed by atoms with Crippen molar-refractivity contribution in [1.82, 2.24) is 15.4 Å². The van der Waals surface area contributed by atoms with Crippen LogP contribution >= 0.6 is 7.82 Å². The van der Waals surface area contributed by atoms with Crippen LogP contribution in [-0.2, 0) is 4.57 Å². The summed E-state index contributed by atoms with van der Waals surface area (Å²) >= 11 is 0. The Morgan fingerprint density at radius 1 is 1.11 bits per heavy atom. The van der Waals surface area contributed by atoms with Gasteiger partial charge in [0.1, 0.15) is 5.69 Å². The molecule has 8 heteroatoms. The quantitative estimate of drug-likeness (QED) is 0.605. The Hall–Kier alpha value is -1.79. The molecule has 0 saturated heterocycles. The highest BCUT2D eigenvalue weighted by Gasteiger charge is 2.00. The SMILES string of the molecule is C(=Cc1cn[nH]n1)c1ccccc1.O=P(O)(O)O. The van der Waals surface area contributed by atoms with Crippen molar-refractivity contribution in [2.45, 2.75) is 0 Å². The highest BCUT2D eigenvalue weighted by atomic mass is 31.2. The number of phosphoric acid groups is 1. The average molecular weight is 269 g/mol. The molecule has 0 amide bonds. The Morgan fingerprint density at radius 3 is 2.22 bits per heavy atom. The number of H-pyrrole nitrogens is 1. The van der Waals surface area contributed by atoms with Gasteiger partial charge in [-0.1, -0.05) is 36.4 Å². The normalized spacial score (nSPS) is 11.1. The monoisotopic (exact) mass is 269 g/mol. The maximum atomic E-state index is 8.88. The maximum Gasteiger partial charge on any atom is 0.466 e. The van der Waals surface area contributed by atoms with Crippen molar-refractivity contribution in [2.75, 3.05) is 0 Å². The fourth-order valence-corrected chi connectivity index (χ4v) is 1.04. The second-order valence-electron chi connectivity index (χ2n) is 3.15. The number of nitrogens with one attached hydrogen (secondary N) is 1. The minimum Gasteiger partial charge on any atom is -0.303 e. The zero-order chi connectivity index (χ0) is 13.4. The predicted octanol–water partition coefficient (Wildman–Crippen LogP) is 1.05. The molecule has 2 rings (SSSR count). The van der Waals surface area contributed by atoms with Crippen LogP contribution in [0.5, 0.6) is 0 Å². The molecule has 1 aromatic carbocycles. The minimum absolute atomic E-state index is 0.837. The van der Waals surface area contributed by atoms with Crippen LogP contribution < -0.4 is 0 Å². The average Bonchev–Trinajstić information content (AvgIpc) is 2.78. The van der Waals surface area contributed by atoms with E-state index in [1.165, 1.54) is 0 Å². The first-order valence-corrected chi connectivity index (χ1v) is 6.39. The van der Waals surface area contributed by atoms with Gasteiger partial charge in [0.05, 0.1) is 6.20 Å². The van der Waals surface area contributed by atoms with E-state index in [1.807, 2.05) is 42.5 Å². The molecule has 4 N–H and O–H groups in total. The molecule has 7 nitrogen and oxygen atoms in total. The second-order valence-corrected chi connectivity index (χ2v) is 4.18. The number of rotatable bonds is 2. The van der Waals surface area contributed by atoms with Crippen molar-refractivity contribution < 1.29 is 19.2 Å². The van der Waals surface area contributed by atoms with Gasteiger partial charge in [-0.15, -0.1) is 0 Å². The molecule has 0 aliphatic rings. The Balaban J connectivity index is 0.000000280. The van der Waals surface area contributed by atoms with Crippen molar-refractivity contribution in [3.63, 3.8) is 0 Å². The first-order chi connectivity index (χ1) is 8.45. The van der Waals surface area contributed by atoms with Gasteiger partial charge < -0.3 is 14.7 Å². The van der Waals surface area contributed by atoms with E-state index >= 15 is 0 Å². The number of aromatic amines is 1. The maximum absolute atomic E-state index is 8.88. The van der Waals surface area contributed by atoms with Crippen LogP contribution in [0.1, 0.15) is 11.3 Å². The van der Waals surface area contributed by atoms with E-state index in [4.69, 9.17) is 19.2 Å². The van der Waals surface area contributed by atoms with Gasteiger partial charge in [-0.3, -0.25) is 0 Å². The third-order valence-electron chi connectivity index (χ3n) is 1.68. The van der Waals surface area contributed by atoms with E-state index in [2.05, 4.69) is 15.4 Å². The van der Waals surface area contributed by atoms with Gasteiger partial charge in [0.2, 0.25) is 0 Å². The van der Waals surface area contributed by atoms with Crippen LogP contribution in [0.3, 0.4) is 0 Å². The minimum atomic E-state index is -4.64. The Morgan fingerprint density at radius 2 is 1.72 bits per heavy atom. The molecule has 1 aromatic heterocycles. The van der Waals surface area contributed by atoms with E-state index in [9.17, 15) is 0 Å². The summed E-state index contributed by atoms with van der Waals surface area (Å²) in [7, 11) is -4.64. The van der Waals surface area contributed by atoms with E-state index in [1.54, 1.807) is 6.20 Å². The smallest absolute Gasteiger partial charge is 0.303 e. The van der Waals surface area contributed by atoms with Crippen molar-refractivity contribution in [3.05, 3.63) is 47.8 Å². The summed E-state index contributed by atoms with van der Waals surface area (Å²) in [5.74, 6) is 0. The molecule has 0 saturated carbocycles. The Labute approximate surface area is 103 Å². The van der Waals surface area contributed by atoms with Gasteiger partial charge in [0.25, 0.3) is 0 Å². The number of aromatic nitrogens is 3. The standard InChI is InChI=1S/C10H9N3.H3O4P/c1-2-4-9(5-3-1)6-7-10-8-11-13-12-10;1-5(2,3)4/h1-8H,(H,11,12,13);(H3,1,2,3,4). The van der Waals surface area contributed by atoms with Crippen LogP contribution in [0.2, 0.25) is 0 Å². The summed E-state index contributed by atoms with van der Waals surface area (Å²) in [6, 6.07) is 10.1. The fraction of sp³-hybridized carbons (Fsp3) is 0. The van der Waals surface area contributed by atoms with Crippen LogP contribution in [0.25, 0.3) is 12.2 Å². The molecule has 96 valence electrons. The second kappa shape index (κ2) is 6.83. The molecule has 0 unspecified atom stereocenters. The largest absolute Gasteiger partial charge is 0.466 e. The molecule has 0 fully saturated rings. The lowest BCUT2D eigenvalue weighted by Crippen LogP contribution is -1.72. The van der Waals surface area contributed by atoms with Crippen molar-refractivity contribution >= 4 is 20.0 Å². The molecule has 1 heterocycles. The fourth-order valence-electron chi connectivity index (χ4n) is 1.04. The number of hydrogen-bond acceptors (Lipinski definition) is 3. The Bertz CT molecular complexity index is 513. The van der Waals surface area contributed by atoms with Gasteiger partial charge >= 0.3 is 7.82 Å². The summed E-state index contributed by atoms with van der Waals surface area (Å²) in [5.41, 5.74) is 1.99. The zero-order valence-electron chi connectivity index (χ0n) is 9.21. The molecule has 2 aromatic rings. The van der Waals surface area contributed by atoms with Gasteiger partial charge in [0.15, 0.2) is 0 Å². The van der Waals surface area contributed by atoms with E-state index in [0.29, 0.717) is 0 Å². The topological polar surface area (TPSA) is 119 Å². The number of benzene rings is 1. The molecule has 0 atom stereocenters. The number of nitrogens with zero attached hydrogens (tertiary/aromatic N) is 2. The summed E-state index contributed by atoms with van der Waals surface area (Å²) < 4.78 is 8.88. The van der Waals surface area contributed by atoms with E-state index in [-0.39, 0.29) is 0 Å². The van der Waals surface area contributed by atoms with Crippen molar-refractivity contribution in [1.29, 1.82) is 0 Å². The van der Waals surface area contributed by atoms with Crippen LogP contribution in [0, 0.1) is 0 Å². The highest BCUT2D eigenvalue weighted by Crippen LogP contribution is 2.25. The first kappa shape index (κ1) is 14.3. The lowest BCUT2D eigenvalue weighted by Gasteiger charge is -1.88. The molecular formula is C10H12N3O4P. The molecule has 0 radical (unpaired) electrons. The summed E-state index contributed by atoms with van der Waals surface area (Å²) in [4.78, 5) is 21.6. The summed E-state index contributed by atoms with van der Waals surface area (Å²) in [5, 5.41) is 10.2. The zero-order valence-corrected chi connectivity index (χ0v) is 10.1. The molecule has 0 spiro atoms. The third-order valence-corrected chi connectivity index (χ3v) is 1.68. The molecule has 0 aliphatic heterocycles. The van der Waals surface area contributed by atoms with Gasteiger partial charge in [0, 0.05) is 0 Å². The molecule has 0 bridgehead atoms. The van der Waals surface area contributed by atoms with Crippen LogP contribution in [0.4, 0.5) is 0 Å². The van der Waals surface area contributed by atoms with Crippen LogP contribution in [0.15, 0.2) is 36.5 Å². The van der Waals surface area contributed by atoms with Crippen LogP contribution in [-0.4, -0.2) is 30.1 Å². The Kier molecular flexibility index (Phi) is 5.41. The summed E-state index contributed by atoms with van der Waals surface area (Å²) in [6.07, 6.45) is 5.59. The van der Waals surface area contributed by atoms with Crippen molar-refractivity contribution in [3.8, 4) is 0 Å². The molecule has 18 heavy (non-hydrogen) atoms. The first-order valence-electron chi connectivity index (χ1n) is 4.82. The predicted molar refractivity (Wildman–Crippen MR) is 66.0 cm³/mol. The van der Waals surface area contributed by atoms with Gasteiger partial charge in [-0.2, -0.15) is 15.4 Å². The molecular weight excluding hydrogens is 257 g/mol. The molecule has 0 aliphatic carbocycles. The summed E-state index contributed by atoms with van der Waals surface area (Å²) in [6.45, 7) is 0. The third kappa shape index (κ3) is 7.48. The number of hydrogen-bond donors (Lipinski definition) is 4. The lowest BCUT2D eigenvalue weighted by atomic mass is 10.2. The van der Waals surface area contributed by atoms with E-state index < -0.39 is 7.82 Å². The lowest BCUT2D eigenvalue weighted by molar-refractivity contribution is 0.275. The van der Waals surface area contributed by atoms with Gasteiger partial charge in [-0.25, -0.2) is 4.57 Å². The van der Waals surface area contributed by atoms with E-state index in [0.717, 1.165) is 11.3 Å². The van der Waals surface area contributed by atoms with Gasteiger partial charge in [-0.05, 0) is 11.6 Å². The highest BCUT2D eigenvalue weighted by molar-refractivity contribution is 7.45.